The first-order valence-electron chi connectivity index (χ1n) is 7.45. The van der Waals surface area contributed by atoms with E-state index in [0.717, 1.165) is 10.2 Å². The van der Waals surface area contributed by atoms with E-state index in [1.807, 2.05) is 0 Å². The highest BCUT2D eigenvalue weighted by molar-refractivity contribution is 7.90. The van der Waals surface area contributed by atoms with Crippen LogP contribution in [-0.2, 0) is 17.1 Å². The summed E-state index contributed by atoms with van der Waals surface area (Å²) in [5.41, 5.74) is -0.482. The fourth-order valence-corrected chi connectivity index (χ4v) is 3.84. The van der Waals surface area contributed by atoms with Gasteiger partial charge in [-0.25, -0.2) is 17.9 Å². The second kappa shape index (κ2) is 6.23. The number of para-hydroxylation sites is 1. The lowest BCUT2D eigenvalue weighted by molar-refractivity contribution is -0.384. The molecule has 0 spiro atoms. The Labute approximate surface area is 148 Å². The van der Waals surface area contributed by atoms with Crippen LogP contribution in [0.5, 0.6) is 0 Å². The molecule has 134 valence electrons. The van der Waals surface area contributed by atoms with Gasteiger partial charge in [-0.1, -0.05) is 29.8 Å². The van der Waals surface area contributed by atoms with Gasteiger partial charge in [0.25, 0.3) is 15.7 Å². The normalized spacial score (nSPS) is 11.5. The van der Waals surface area contributed by atoms with Gasteiger partial charge in [0.1, 0.15) is 0 Å². The van der Waals surface area contributed by atoms with Crippen molar-refractivity contribution in [2.24, 2.45) is 7.05 Å². The van der Waals surface area contributed by atoms with Crippen molar-refractivity contribution in [1.82, 2.24) is 13.8 Å². The minimum absolute atomic E-state index is 0.0640. The first-order valence-corrected chi connectivity index (χ1v) is 8.89. The summed E-state index contributed by atoms with van der Waals surface area (Å²) in [6, 6.07) is 11.4. The van der Waals surface area contributed by atoms with Crippen LogP contribution in [0, 0.1) is 17.0 Å². The van der Waals surface area contributed by atoms with E-state index in [1.54, 1.807) is 19.1 Å². The van der Waals surface area contributed by atoms with E-state index in [0.29, 0.717) is 3.97 Å². The fourth-order valence-electron chi connectivity index (χ4n) is 2.47. The van der Waals surface area contributed by atoms with Crippen LogP contribution >= 0.6 is 0 Å². The van der Waals surface area contributed by atoms with E-state index in [4.69, 9.17) is 0 Å². The first-order chi connectivity index (χ1) is 12.2. The lowest BCUT2D eigenvalue weighted by Gasteiger charge is -2.08. The summed E-state index contributed by atoms with van der Waals surface area (Å²) in [6.07, 6.45) is 0. The molecule has 0 fully saturated rings. The Morgan fingerprint density at radius 3 is 2.31 bits per heavy atom. The van der Waals surface area contributed by atoms with Crippen LogP contribution in [0.2, 0.25) is 0 Å². The molecular formula is C16H14N4O5S. The molecule has 0 saturated carbocycles. The molecule has 0 saturated heterocycles. The quantitative estimate of drug-likeness (QED) is 0.507. The number of aryl methyl sites for hydroxylation is 2. The molecule has 10 heteroatoms. The minimum Gasteiger partial charge on any atom is -0.258 e. The van der Waals surface area contributed by atoms with Gasteiger partial charge in [0.15, 0.2) is 5.82 Å². The van der Waals surface area contributed by atoms with Crippen molar-refractivity contribution in [3.63, 3.8) is 0 Å². The monoisotopic (exact) mass is 374 g/mol. The molecule has 1 heterocycles. The predicted octanol–water partition coefficient (Wildman–Crippen LogP) is 1.70. The summed E-state index contributed by atoms with van der Waals surface area (Å²) >= 11 is 0. The Morgan fingerprint density at radius 1 is 1.08 bits per heavy atom. The smallest absolute Gasteiger partial charge is 0.258 e. The summed E-state index contributed by atoms with van der Waals surface area (Å²) in [6.45, 7) is 1.80. The van der Waals surface area contributed by atoms with E-state index < -0.39 is 20.6 Å². The lowest BCUT2D eigenvalue weighted by Crippen LogP contribution is -2.29. The van der Waals surface area contributed by atoms with Crippen molar-refractivity contribution in [2.45, 2.75) is 11.8 Å². The Hall–Kier alpha value is -3.27. The molecule has 0 aliphatic rings. The molecule has 0 aliphatic carbocycles. The number of aromatic nitrogens is 3. The number of nitro benzene ring substituents is 1. The predicted molar refractivity (Wildman–Crippen MR) is 93.3 cm³/mol. The maximum Gasteiger partial charge on any atom is 0.360 e. The molecule has 0 aliphatic heterocycles. The molecule has 2 aromatic carbocycles. The largest absolute Gasteiger partial charge is 0.360 e. The molecule has 9 nitrogen and oxygen atoms in total. The summed E-state index contributed by atoms with van der Waals surface area (Å²) in [5, 5.41) is 15.2. The molecule has 0 N–H and O–H groups in total. The molecule has 3 aromatic rings. The van der Waals surface area contributed by atoms with E-state index >= 15 is 0 Å². The zero-order chi connectivity index (χ0) is 19.1. The van der Waals surface area contributed by atoms with E-state index in [1.165, 1.54) is 43.4 Å². The van der Waals surface area contributed by atoms with Crippen molar-refractivity contribution >= 4 is 15.7 Å². The third-order valence-electron chi connectivity index (χ3n) is 3.79. The highest BCUT2D eigenvalue weighted by Crippen LogP contribution is 2.29. The van der Waals surface area contributed by atoms with Crippen molar-refractivity contribution in [1.29, 1.82) is 0 Å². The van der Waals surface area contributed by atoms with Gasteiger partial charge in [0.2, 0.25) is 0 Å². The van der Waals surface area contributed by atoms with Crippen LogP contribution in [0.1, 0.15) is 5.56 Å². The van der Waals surface area contributed by atoms with E-state index in [9.17, 15) is 23.3 Å². The van der Waals surface area contributed by atoms with Gasteiger partial charge in [-0.3, -0.25) is 10.1 Å². The number of hydrogen-bond donors (Lipinski definition) is 0. The van der Waals surface area contributed by atoms with Gasteiger partial charge >= 0.3 is 5.69 Å². The molecule has 0 radical (unpaired) electrons. The summed E-state index contributed by atoms with van der Waals surface area (Å²) in [5.74, 6) is -0.314. The summed E-state index contributed by atoms with van der Waals surface area (Å²) < 4.78 is 27.3. The number of rotatable bonds is 4. The second-order valence-electron chi connectivity index (χ2n) is 5.59. The first kappa shape index (κ1) is 17.5. The van der Waals surface area contributed by atoms with Crippen LogP contribution in [0.15, 0.2) is 58.2 Å². The molecule has 0 unspecified atom stereocenters. The number of nitro groups is 1. The number of nitrogens with zero attached hydrogens (tertiary/aromatic N) is 4. The van der Waals surface area contributed by atoms with E-state index in [-0.39, 0.29) is 22.0 Å². The standard InChI is InChI=1S/C16H14N4O5S/c1-11-7-9-12(10-8-11)26(24,25)19-15(17-18(2)16(19)21)13-5-3-4-6-14(13)20(22)23/h3-10H,1-2H3. The zero-order valence-corrected chi connectivity index (χ0v) is 14.7. The van der Waals surface area contributed by atoms with Crippen LogP contribution in [0.25, 0.3) is 11.4 Å². The van der Waals surface area contributed by atoms with Crippen molar-refractivity contribution < 1.29 is 13.3 Å². The van der Waals surface area contributed by atoms with Crippen LogP contribution in [-0.4, -0.2) is 27.1 Å². The minimum atomic E-state index is -4.29. The lowest BCUT2D eigenvalue weighted by atomic mass is 10.2. The number of benzene rings is 2. The van der Waals surface area contributed by atoms with Crippen molar-refractivity contribution in [3.8, 4) is 11.4 Å². The molecule has 3 rings (SSSR count). The van der Waals surface area contributed by atoms with E-state index in [2.05, 4.69) is 5.10 Å². The average Bonchev–Trinajstić information content (AvgIpc) is 2.91. The zero-order valence-electron chi connectivity index (χ0n) is 13.9. The summed E-state index contributed by atoms with van der Waals surface area (Å²) in [4.78, 5) is 23.0. The SMILES string of the molecule is Cc1ccc(S(=O)(=O)n2c(-c3ccccc3[N+](=O)[O-])nn(C)c2=O)cc1. The highest BCUT2D eigenvalue weighted by Gasteiger charge is 2.29. The van der Waals surface area contributed by atoms with Crippen molar-refractivity contribution in [2.75, 3.05) is 0 Å². The van der Waals surface area contributed by atoms with Gasteiger partial charge in [-0.15, -0.1) is 5.10 Å². The average molecular weight is 374 g/mol. The van der Waals surface area contributed by atoms with Gasteiger partial charge < -0.3 is 0 Å². The Balaban J connectivity index is 2.33. The van der Waals surface area contributed by atoms with Crippen LogP contribution in [0.3, 0.4) is 0 Å². The van der Waals surface area contributed by atoms with Gasteiger partial charge in [-0.05, 0) is 25.1 Å². The van der Waals surface area contributed by atoms with Crippen LogP contribution < -0.4 is 5.69 Å². The fraction of sp³-hybridized carbons (Fsp3) is 0.125. The van der Waals surface area contributed by atoms with Gasteiger partial charge in [-0.2, -0.15) is 3.97 Å². The Kier molecular flexibility index (Phi) is 4.20. The maximum absolute atomic E-state index is 13.0. The third kappa shape index (κ3) is 2.80. The Morgan fingerprint density at radius 2 is 1.69 bits per heavy atom. The highest BCUT2D eigenvalue weighted by atomic mass is 32.2. The van der Waals surface area contributed by atoms with Crippen molar-refractivity contribution in [3.05, 3.63) is 74.7 Å². The topological polar surface area (TPSA) is 117 Å². The van der Waals surface area contributed by atoms with Gasteiger partial charge in [0, 0.05) is 13.1 Å². The molecular weight excluding hydrogens is 360 g/mol. The molecule has 0 bridgehead atoms. The summed E-state index contributed by atoms with van der Waals surface area (Å²) in [7, 11) is -3.01. The molecule has 1 aromatic heterocycles. The Bertz CT molecular complexity index is 1160. The maximum atomic E-state index is 13.0. The van der Waals surface area contributed by atoms with Crippen LogP contribution in [0.4, 0.5) is 5.69 Å². The second-order valence-corrected chi connectivity index (χ2v) is 7.37. The molecule has 0 atom stereocenters. The third-order valence-corrected chi connectivity index (χ3v) is 5.47. The number of hydrogen-bond acceptors (Lipinski definition) is 6. The molecule has 26 heavy (non-hydrogen) atoms. The molecule has 0 amide bonds. The van der Waals surface area contributed by atoms with Gasteiger partial charge in [0.05, 0.1) is 15.4 Å².